The zero-order valence-corrected chi connectivity index (χ0v) is 34.0. The zero-order chi connectivity index (χ0) is 34.2. The summed E-state index contributed by atoms with van der Waals surface area (Å²) in [4.78, 5) is 3.42. The van der Waals surface area contributed by atoms with Gasteiger partial charge in [-0.3, -0.25) is 4.90 Å². The molecule has 0 bridgehead atoms. The Hall–Kier alpha value is 0.230. The summed E-state index contributed by atoms with van der Waals surface area (Å²) < 4.78 is 13.8. The highest BCUT2D eigenvalue weighted by Crippen LogP contribution is 2.63. The first-order chi connectivity index (χ1) is 25.8. The van der Waals surface area contributed by atoms with Crippen LogP contribution in [0.5, 0.6) is 0 Å². The molecule has 8 saturated carbocycles. The third kappa shape index (κ3) is 6.28. The van der Waals surface area contributed by atoms with Crippen molar-refractivity contribution in [2.75, 3.05) is 0 Å². The molecule has 3 heterocycles. The van der Waals surface area contributed by atoms with Crippen molar-refractivity contribution >= 4 is 11.8 Å². The summed E-state index contributed by atoms with van der Waals surface area (Å²) in [5, 5.41) is 1.83. The smallest absolute Gasteiger partial charge is 0.0621 e. The fraction of sp³-hybridized carbons (Fsp3) is 1.00. The molecule has 14 unspecified atom stereocenters. The molecule has 4 heteroatoms. The van der Waals surface area contributed by atoms with Gasteiger partial charge in [-0.2, -0.15) is 11.8 Å². The maximum absolute atomic E-state index is 6.94. The molecule has 52 heavy (non-hydrogen) atoms. The minimum Gasteiger partial charge on any atom is -0.374 e. The maximum Gasteiger partial charge on any atom is 0.0621 e. The van der Waals surface area contributed by atoms with Crippen LogP contribution in [0.3, 0.4) is 0 Å². The third-order valence-corrected chi connectivity index (χ3v) is 21.5. The van der Waals surface area contributed by atoms with Gasteiger partial charge in [0.1, 0.15) is 0 Å². The van der Waals surface area contributed by atoms with Crippen LogP contribution in [0.25, 0.3) is 0 Å². The Bertz CT molecular complexity index is 1200. The second-order valence-corrected chi connectivity index (χ2v) is 22.9. The van der Waals surface area contributed by atoms with Crippen LogP contribution in [0.15, 0.2) is 0 Å². The van der Waals surface area contributed by atoms with Crippen molar-refractivity contribution in [3.8, 4) is 0 Å². The minimum absolute atomic E-state index is 0.607. The lowest BCUT2D eigenvalue weighted by Gasteiger charge is -2.53. The van der Waals surface area contributed by atoms with Gasteiger partial charge in [0.2, 0.25) is 0 Å². The molecule has 11 aliphatic rings. The van der Waals surface area contributed by atoms with Crippen molar-refractivity contribution in [1.29, 1.82) is 0 Å². The van der Waals surface area contributed by atoms with E-state index < -0.39 is 0 Å². The van der Waals surface area contributed by atoms with Gasteiger partial charge in [0.05, 0.1) is 24.4 Å². The van der Waals surface area contributed by atoms with E-state index in [-0.39, 0.29) is 0 Å². The molecule has 0 aromatic heterocycles. The molecule has 8 aliphatic carbocycles. The molecule has 0 aromatic rings. The summed E-state index contributed by atoms with van der Waals surface area (Å²) in [6, 6.07) is 2.61. The summed E-state index contributed by atoms with van der Waals surface area (Å²) in [7, 11) is 0. The van der Waals surface area contributed by atoms with Crippen LogP contribution in [-0.2, 0) is 9.47 Å². The van der Waals surface area contributed by atoms with Crippen molar-refractivity contribution in [3.63, 3.8) is 0 Å². The van der Waals surface area contributed by atoms with Gasteiger partial charge in [0.25, 0.3) is 0 Å². The zero-order valence-electron chi connectivity index (χ0n) is 33.1. The van der Waals surface area contributed by atoms with Crippen LogP contribution < -0.4 is 0 Å². The van der Waals surface area contributed by atoms with E-state index in [1.54, 1.807) is 32.1 Å². The summed E-state index contributed by atoms with van der Waals surface area (Å²) in [6.07, 6.45) is 45.7. The lowest BCUT2D eigenvalue weighted by atomic mass is 9.61. The van der Waals surface area contributed by atoms with E-state index in [4.69, 9.17) is 9.47 Å². The lowest BCUT2D eigenvalue weighted by molar-refractivity contribution is -0.0281. The Morgan fingerprint density at radius 2 is 0.846 bits per heavy atom. The Kier molecular flexibility index (Phi) is 10.3. The van der Waals surface area contributed by atoms with Gasteiger partial charge < -0.3 is 9.47 Å². The van der Waals surface area contributed by atoms with Crippen molar-refractivity contribution in [2.45, 2.75) is 239 Å². The number of rotatable bonds is 5. The first-order valence-corrected chi connectivity index (χ1v) is 25.5. The molecule has 3 nitrogen and oxygen atoms in total. The van der Waals surface area contributed by atoms with Crippen molar-refractivity contribution in [1.82, 2.24) is 4.90 Å². The first-order valence-electron chi connectivity index (χ1n) is 24.5. The number of hydrogen-bond acceptors (Lipinski definition) is 4. The Morgan fingerprint density at radius 1 is 0.327 bits per heavy atom. The fourth-order valence-corrected chi connectivity index (χ4v) is 19.9. The Labute approximate surface area is 323 Å². The fourth-order valence-electron chi connectivity index (χ4n) is 17.4. The van der Waals surface area contributed by atoms with Crippen LogP contribution >= 0.6 is 11.8 Å². The highest BCUT2D eigenvalue weighted by atomic mass is 32.2. The number of thioether (sulfide) groups is 1. The van der Waals surface area contributed by atoms with E-state index >= 15 is 0 Å². The lowest BCUT2D eigenvalue weighted by Crippen LogP contribution is -2.57. The van der Waals surface area contributed by atoms with E-state index in [0.29, 0.717) is 24.4 Å². The van der Waals surface area contributed by atoms with Crippen molar-refractivity contribution in [2.24, 2.45) is 59.2 Å². The quantitative estimate of drug-likeness (QED) is 0.281. The van der Waals surface area contributed by atoms with Crippen LogP contribution in [0.4, 0.5) is 0 Å². The average molecular weight is 732 g/mol. The molecule has 11 fully saturated rings. The topological polar surface area (TPSA) is 21.7 Å². The standard InChI is InChI=1S/C48H77NO2S/c1-2-10-30(11-3-1)31-20-24-33(25-21-31)49(34-26-22-32(23-27-34)35-14-9-19-43-45(35)38-12-4-6-17-41(38)50-43)40-16-8-15-36-37-28-29-44-46(48(37)52-47(36)40)39-13-5-7-18-42(39)51-44/h30-48H,1-29H2. The summed E-state index contributed by atoms with van der Waals surface area (Å²) >= 11 is 2.61. The first kappa shape index (κ1) is 35.4. The molecule has 0 aromatic carbocycles. The molecule has 0 radical (unpaired) electrons. The van der Waals surface area contributed by atoms with E-state index in [1.807, 2.05) is 0 Å². The maximum atomic E-state index is 6.94. The molecular formula is C48H77NO2S. The van der Waals surface area contributed by atoms with E-state index in [9.17, 15) is 0 Å². The number of hydrogen-bond donors (Lipinski definition) is 0. The van der Waals surface area contributed by atoms with Crippen molar-refractivity contribution in [3.05, 3.63) is 0 Å². The van der Waals surface area contributed by atoms with E-state index in [0.717, 1.165) is 87.8 Å². The van der Waals surface area contributed by atoms with Gasteiger partial charge in [0, 0.05) is 34.5 Å². The average Bonchev–Trinajstić information content (AvgIpc) is 3.90. The van der Waals surface area contributed by atoms with Crippen LogP contribution in [0, 0.1) is 59.2 Å². The normalized spacial score (nSPS) is 53.7. The van der Waals surface area contributed by atoms with Crippen LogP contribution in [0.1, 0.15) is 186 Å². The SMILES string of the molecule is C1CCC(C2CCC(N(C3CCC(C4CCCC5OC6CCCCC6C54)CC3)C3CCCC4C5CCC6OC7CCCCC7C6C5SC43)CC2)CC1. The number of nitrogens with zero attached hydrogens (tertiary/aromatic N) is 1. The summed E-state index contributed by atoms with van der Waals surface area (Å²) in [5.41, 5.74) is 0. The molecule has 3 saturated heterocycles. The monoisotopic (exact) mass is 732 g/mol. The molecule has 14 atom stereocenters. The van der Waals surface area contributed by atoms with Gasteiger partial charge >= 0.3 is 0 Å². The molecular weight excluding hydrogens is 655 g/mol. The van der Waals surface area contributed by atoms with Crippen LogP contribution in [0.2, 0.25) is 0 Å². The van der Waals surface area contributed by atoms with Gasteiger partial charge in [0.15, 0.2) is 0 Å². The highest BCUT2D eigenvalue weighted by molar-refractivity contribution is 8.00. The summed E-state index contributed by atoms with van der Waals surface area (Å²) in [6.45, 7) is 0. The Balaban J connectivity index is 0.829. The second-order valence-electron chi connectivity index (χ2n) is 21.5. The second kappa shape index (κ2) is 15.2. The predicted molar refractivity (Wildman–Crippen MR) is 214 cm³/mol. The molecule has 11 rings (SSSR count). The number of fused-ring (bicyclic) bond motifs is 10. The van der Waals surface area contributed by atoms with Crippen LogP contribution in [-0.4, -0.2) is 57.9 Å². The molecule has 292 valence electrons. The molecule has 0 N–H and O–H groups in total. The van der Waals surface area contributed by atoms with Crippen molar-refractivity contribution < 1.29 is 9.47 Å². The highest BCUT2D eigenvalue weighted by Gasteiger charge is 2.60. The summed E-state index contributed by atoms with van der Waals surface area (Å²) in [5.74, 6) is 9.69. The molecule has 0 amide bonds. The Morgan fingerprint density at radius 3 is 1.58 bits per heavy atom. The molecule has 3 aliphatic heterocycles. The van der Waals surface area contributed by atoms with Gasteiger partial charge in [-0.05, 0) is 169 Å². The van der Waals surface area contributed by atoms with Gasteiger partial charge in [-0.25, -0.2) is 0 Å². The minimum atomic E-state index is 0.607. The predicted octanol–water partition coefficient (Wildman–Crippen LogP) is 12.0. The van der Waals surface area contributed by atoms with E-state index in [2.05, 4.69) is 16.7 Å². The number of ether oxygens (including phenoxy) is 2. The van der Waals surface area contributed by atoms with Gasteiger partial charge in [-0.15, -0.1) is 0 Å². The molecule has 0 spiro atoms. The van der Waals surface area contributed by atoms with Gasteiger partial charge in [-0.1, -0.05) is 70.6 Å². The van der Waals surface area contributed by atoms with E-state index in [1.165, 1.54) is 154 Å². The third-order valence-electron chi connectivity index (χ3n) is 19.5. The largest absolute Gasteiger partial charge is 0.374 e.